The average molecular weight is 166 g/mol. The van der Waals surface area contributed by atoms with Crippen molar-refractivity contribution >= 4 is 5.91 Å². The minimum absolute atomic E-state index is 0.374. The molecule has 0 aromatic heterocycles. The Morgan fingerprint density at radius 2 is 2.58 bits per heavy atom. The van der Waals surface area contributed by atoms with Crippen molar-refractivity contribution in [2.75, 3.05) is 6.54 Å². The zero-order valence-corrected chi connectivity index (χ0v) is 6.45. The zero-order chi connectivity index (χ0) is 8.55. The molecule has 0 saturated carbocycles. The molecule has 64 valence electrons. The van der Waals surface area contributed by atoms with Gasteiger partial charge in [0.1, 0.15) is 5.82 Å². The van der Waals surface area contributed by atoms with Crippen molar-refractivity contribution in [3.63, 3.8) is 0 Å². The van der Waals surface area contributed by atoms with Crippen LogP contribution in [0.1, 0.15) is 0 Å². The van der Waals surface area contributed by atoms with Gasteiger partial charge in [-0.05, 0) is 6.08 Å². The van der Waals surface area contributed by atoms with Gasteiger partial charge in [-0.3, -0.25) is 4.79 Å². The van der Waals surface area contributed by atoms with E-state index < -0.39 is 6.17 Å². The number of carbonyl (C=O) groups is 1. The fraction of sp³-hybridized carbons (Fsp3) is 0.286. The fourth-order valence-electron chi connectivity index (χ4n) is 1.33. The van der Waals surface area contributed by atoms with Gasteiger partial charge in [-0.1, -0.05) is 12.2 Å². The minimum Gasteiger partial charge on any atom is -0.367 e. The van der Waals surface area contributed by atoms with E-state index >= 15 is 0 Å². The third kappa shape index (κ3) is 0.947. The van der Waals surface area contributed by atoms with Crippen molar-refractivity contribution in [1.82, 2.24) is 15.8 Å². The predicted octanol–water partition coefficient (Wildman–Crippen LogP) is -1.38. The Morgan fingerprint density at radius 3 is 3.33 bits per heavy atom. The van der Waals surface area contributed by atoms with Gasteiger partial charge in [0.05, 0.1) is 0 Å². The van der Waals surface area contributed by atoms with E-state index in [1.807, 2.05) is 23.1 Å². The first kappa shape index (κ1) is 7.17. The van der Waals surface area contributed by atoms with E-state index in [1.165, 1.54) is 0 Å². The van der Waals surface area contributed by atoms with E-state index in [-0.39, 0.29) is 5.91 Å². The summed E-state index contributed by atoms with van der Waals surface area (Å²) in [5.41, 5.74) is 10.8. The third-order valence-electron chi connectivity index (χ3n) is 1.92. The highest BCUT2D eigenvalue weighted by molar-refractivity contribution is 5.80. The van der Waals surface area contributed by atoms with Crippen LogP contribution in [-0.4, -0.2) is 23.5 Å². The molecule has 0 spiro atoms. The molecule has 0 aromatic rings. The predicted molar refractivity (Wildman–Crippen MR) is 43.2 cm³/mol. The lowest BCUT2D eigenvalue weighted by Gasteiger charge is -2.22. The zero-order valence-electron chi connectivity index (χ0n) is 6.45. The lowest BCUT2D eigenvalue weighted by molar-refractivity contribution is -0.122. The van der Waals surface area contributed by atoms with Crippen LogP contribution in [0.25, 0.3) is 0 Å². The monoisotopic (exact) mass is 166 g/mol. The smallest absolute Gasteiger partial charge is 0.256 e. The Labute approximate surface area is 69.9 Å². The molecule has 1 unspecified atom stereocenters. The van der Waals surface area contributed by atoms with Gasteiger partial charge in [0, 0.05) is 6.54 Å². The van der Waals surface area contributed by atoms with Crippen molar-refractivity contribution in [1.29, 1.82) is 0 Å². The van der Waals surface area contributed by atoms with Crippen LogP contribution in [0, 0.1) is 0 Å². The number of amides is 1. The van der Waals surface area contributed by atoms with Crippen molar-refractivity contribution in [2.24, 2.45) is 5.73 Å². The number of rotatable bonds is 1. The Morgan fingerprint density at radius 1 is 1.75 bits per heavy atom. The first-order valence-electron chi connectivity index (χ1n) is 3.73. The topological polar surface area (TPSA) is 70.4 Å². The van der Waals surface area contributed by atoms with Gasteiger partial charge in [-0.25, -0.2) is 5.43 Å². The number of nitrogens with two attached hydrogens (primary N) is 1. The molecule has 12 heavy (non-hydrogen) atoms. The van der Waals surface area contributed by atoms with E-state index in [4.69, 9.17) is 5.73 Å². The average Bonchev–Trinajstić information content (AvgIpc) is 2.47. The second-order valence-electron chi connectivity index (χ2n) is 2.71. The van der Waals surface area contributed by atoms with Crippen molar-refractivity contribution in [3.05, 3.63) is 24.0 Å². The van der Waals surface area contributed by atoms with E-state index in [1.54, 1.807) is 0 Å². The van der Waals surface area contributed by atoms with Gasteiger partial charge in [0.15, 0.2) is 6.17 Å². The number of carbonyl (C=O) groups excluding carboxylic acids is 1. The molecule has 4 N–H and O–H groups in total. The second kappa shape index (κ2) is 2.53. The van der Waals surface area contributed by atoms with E-state index in [2.05, 4.69) is 10.9 Å². The molecule has 2 heterocycles. The van der Waals surface area contributed by atoms with Gasteiger partial charge < -0.3 is 16.1 Å². The summed E-state index contributed by atoms with van der Waals surface area (Å²) in [6.45, 7) is 0.708. The molecule has 5 heteroatoms. The quantitative estimate of drug-likeness (QED) is 0.449. The fourth-order valence-corrected chi connectivity index (χ4v) is 1.33. The van der Waals surface area contributed by atoms with Gasteiger partial charge in [-0.15, -0.1) is 0 Å². The van der Waals surface area contributed by atoms with Gasteiger partial charge >= 0.3 is 0 Å². The summed E-state index contributed by atoms with van der Waals surface area (Å²) >= 11 is 0. The molecule has 2 aliphatic rings. The molecule has 5 nitrogen and oxygen atoms in total. The lowest BCUT2D eigenvalue weighted by atomic mass is 10.3. The van der Waals surface area contributed by atoms with Gasteiger partial charge in [0.25, 0.3) is 5.91 Å². The van der Waals surface area contributed by atoms with E-state index in [9.17, 15) is 4.79 Å². The van der Waals surface area contributed by atoms with Crippen molar-refractivity contribution in [3.8, 4) is 0 Å². The summed E-state index contributed by atoms with van der Waals surface area (Å²) in [4.78, 5) is 12.7. The molecular formula is C7H10N4O. The van der Waals surface area contributed by atoms with Crippen LogP contribution in [0.15, 0.2) is 24.0 Å². The summed E-state index contributed by atoms with van der Waals surface area (Å²) < 4.78 is 0. The van der Waals surface area contributed by atoms with Crippen LogP contribution in [0.2, 0.25) is 0 Å². The van der Waals surface area contributed by atoms with Crippen LogP contribution in [0.5, 0.6) is 0 Å². The number of hydrazine groups is 1. The molecule has 1 atom stereocenters. The van der Waals surface area contributed by atoms with Crippen molar-refractivity contribution < 1.29 is 4.79 Å². The Balaban J connectivity index is 2.20. The summed E-state index contributed by atoms with van der Waals surface area (Å²) in [6, 6.07) is 0. The van der Waals surface area contributed by atoms with E-state index in [0.717, 1.165) is 5.82 Å². The van der Waals surface area contributed by atoms with Crippen molar-refractivity contribution in [2.45, 2.75) is 6.17 Å². The number of hydrogen-bond acceptors (Lipinski definition) is 4. The summed E-state index contributed by atoms with van der Waals surface area (Å²) in [6.07, 6.45) is 5.36. The Kier molecular flexibility index (Phi) is 1.51. The molecule has 1 amide bonds. The first-order valence-corrected chi connectivity index (χ1v) is 3.73. The number of nitrogens with one attached hydrogen (secondary N) is 2. The maximum atomic E-state index is 10.9. The SMILES string of the molecule is NC(=O)C1NNC2=CC=CCN21. The summed E-state index contributed by atoms with van der Waals surface area (Å²) in [5.74, 6) is 0.516. The Bertz CT molecular complexity index is 271. The third-order valence-corrected chi connectivity index (χ3v) is 1.92. The second-order valence-corrected chi connectivity index (χ2v) is 2.71. The molecule has 2 aliphatic heterocycles. The highest BCUT2D eigenvalue weighted by atomic mass is 16.2. The van der Waals surface area contributed by atoms with Crippen LogP contribution in [-0.2, 0) is 4.79 Å². The van der Waals surface area contributed by atoms with Gasteiger partial charge in [-0.2, -0.15) is 0 Å². The molecule has 0 aliphatic carbocycles. The molecular weight excluding hydrogens is 156 g/mol. The van der Waals surface area contributed by atoms with Gasteiger partial charge in [0.2, 0.25) is 0 Å². The van der Waals surface area contributed by atoms with Crippen LogP contribution < -0.4 is 16.6 Å². The molecule has 1 fully saturated rings. The maximum Gasteiger partial charge on any atom is 0.256 e. The highest BCUT2D eigenvalue weighted by Crippen LogP contribution is 2.13. The lowest BCUT2D eigenvalue weighted by Crippen LogP contribution is -2.47. The van der Waals surface area contributed by atoms with Crippen LogP contribution in [0.4, 0.5) is 0 Å². The first-order chi connectivity index (χ1) is 5.79. The van der Waals surface area contributed by atoms with Crippen LogP contribution in [0.3, 0.4) is 0 Å². The Hall–Kier alpha value is -1.49. The number of fused-ring (bicyclic) bond motifs is 1. The highest BCUT2D eigenvalue weighted by Gasteiger charge is 2.31. The van der Waals surface area contributed by atoms with Crippen LogP contribution >= 0.6 is 0 Å². The summed E-state index contributed by atoms with van der Waals surface area (Å²) in [7, 11) is 0. The molecule has 1 saturated heterocycles. The largest absolute Gasteiger partial charge is 0.367 e. The minimum atomic E-state index is -0.429. The maximum absolute atomic E-state index is 10.9. The summed E-state index contributed by atoms with van der Waals surface area (Å²) in [5, 5.41) is 0. The number of allylic oxidation sites excluding steroid dienone is 2. The standard InChI is InChI=1S/C7H10N4O/c8-6(12)7-10-9-5-3-1-2-4-11(5)7/h1-3,7,9-10H,4H2,(H2,8,12). The van der Waals surface area contributed by atoms with E-state index in [0.29, 0.717) is 6.54 Å². The number of nitrogens with zero attached hydrogens (tertiary/aromatic N) is 1. The molecule has 2 rings (SSSR count). The number of hydrogen-bond donors (Lipinski definition) is 3. The number of primary amides is 1. The molecule has 0 radical (unpaired) electrons. The molecule has 0 aromatic carbocycles. The molecule has 0 bridgehead atoms. The normalized spacial score (nSPS) is 26.2.